The van der Waals surface area contributed by atoms with Crippen LogP contribution in [0.25, 0.3) is 12.2 Å². The van der Waals surface area contributed by atoms with Crippen molar-refractivity contribution in [1.29, 1.82) is 0 Å². The zero-order chi connectivity index (χ0) is 6.81. The standard InChI is InChI=1S/C10H7/c1-2-5-9-7-4-8-10(9)6-3-1/h1-7H/q+1. The summed E-state index contributed by atoms with van der Waals surface area (Å²) < 4.78 is 0. The van der Waals surface area contributed by atoms with Crippen LogP contribution in [0.4, 0.5) is 0 Å². The van der Waals surface area contributed by atoms with Crippen molar-refractivity contribution in [3.05, 3.63) is 47.2 Å². The molecule has 0 radical (unpaired) electrons. The minimum Gasteiger partial charge on any atom is -0.0514 e. The number of hydrogen-bond donors (Lipinski definition) is 0. The third kappa shape index (κ3) is 0.754. The summed E-state index contributed by atoms with van der Waals surface area (Å²) in [6.07, 6.45) is 10.2. The van der Waals surface area contributed by atoms with E-state index in [1.54, 1.807) is 0 Å². The van der Waals surface area contributed by atoms with Crippen LogP contribution in [0.2, 0.25) is 0 Å². The van der Waals surface area contributed by atoms with E-state index in [1.807, 2.05) is 24.3 Å². The van der Waals surface area contributed by atoms with Crippen molar-refractivity contribution in [3.8, 4) is 0 Å². The molecule has 0 nitrogen and oxygen atoms in total. The van der Waals surface area contributed by atoms with Crippen molar-refractivity contribution in [2.24, 2.45) is 0 Å². The lowest BCUT2D eigenvalue weighted by molar-refractivity contribution is 1.73. The Labute approximate surface area is 60.2 Å². The van der Waals surface area contributed by atoms with E-state index < -0.39 is 0 Å². The van der Waals surface area contributed by atoms with Crippen LogP contribution in [0, 0.1) is 6.07 Å². The van der Waals surface area contributed by atoms with Gasteiger partial charge in [0, 0.05) is 12.1 Å². The SMILES string of the molecule is [c+]1ccc2c1C=CC=CC=2. The summed E-state index contributed by atoms with van der Waals surface area (Å²) in [4.78, 5) is 0. The molecule has 0 spiro atoms. The molecule has 0 aliphatic heterocycles. The molecule has 1 aliphatic rings. The summed E-state index contributed by atoms with van der Waals surface area (Å²) in [5, 5.41) is 1.25. The first-order valence-corrected chi connectivity index (χ1v) is 3.32. The summed E-state index contributed by atoms with van der Waals surface area (Å²) in [6.45, 7) is 0. The molecule has 0 aromatic heterocycles. The van der Waals surface area contributed by atoms with Crippen LogP contribution in [0.1, 0.15) is 5.56 Å². The Kier molecular flexibility index (Phi) is 1.13. The van der Waals surface area contributed by atoms with E-state index >= 15 is 0 Å². The van der Waals surface area contributed by atoms with Crippen LogP contribution in [-0.4, -0.2) is 0 Å². The van der Waals surface area contributed by atoms with Gasteiger partial charge in [0.25, 0.3) is 0 Å². The molecule has 10 heavy (non-hydrogen) atoms. The second kappa shape index (κ2) is 2.09. The Hall–Kier alpha value is -1.39. The molecule has 0 saturated heterocycles. The fourth-order valence-electron chi connectivity index (χ4n) is 1.06. The minimum atomic E-state index is 1.19. The average molecular weight is 127 g/mol. The predicted octanol–water partition coefficient (Wildman–Crippen LogP) is 1.57. The zero-order valence-corrected chi connectivity index (χ0v) is 5.54. The van der Waals surface area contributed by atoms with Crippen molar-refractivity contribution in [3.63, 3.8) is 0 Å². The average Bonchev–Trinajstić information content (AvgIpc) is 2.28. The van der Waals surface area contributed by atoms with Crippen LogP contribution in [0.3, 0.4) is 0 Å². The summed E-state index contributed by atoms with van der Waals surface area (Å²) in [5.41, 5.74) is 1.19. The van der Waals surface area contributed by atoms with Gasteiger partial charge in [0.2, 0.25) is 0 Å². The maximum Gasteiger partial charge on any atom is 0.164 e. The van der Waals surface area contributed by atoms with Crippen molar-refractivity contribution in [2.45, 2.75) is 0 Å². The van der Waals surface area contributed by atoms with Crippen molar-refractivity contribution >= 4 is 12.2 Å². The van der Waals surface area contributed by atoms with Gasteiger partial charge < -0.3 is 0 Å². The molecule has 1 aromatic rings. The van der Waals surface area contributed by atoms with E-state index in [0.717, 1.165) is 0 Å². The van der Waals surface area contributed by atoms with E-state index in [9.17, 15) is 0 Å². The molecule has 0 N–H and O–H groups in total. The smallest absolute Gasteiger partial charge is 0.0514 e. The van der Waals surface area contributed by atoms with Gasteiger partial charge in [0.1, 0.15) is 5.22 Å². The highest BCUT2D eigenvalue weighted by Crippen LogP contribution is 1.98. The second-order valence-electron chi connectivity index (χ2n) is 2.26. The summed E-state index contributed by atoms with van der Waals surface area (Å²) in [5.74, 6) is 0. The van der Waals surface area contributed by atoms with Gasteiger partial charge >= 0.3 is 0 Å². The molecule has 1 aromatic carbocycles. The monoisotopic (exact) mass is 127 g/mol. The van der Waals surface area contributed by atoms with Crippen LogP contribution in [0.15, 0.2) is 30.4 Å². The first kappa shape index (κ1) is 5.40. The quantitative estimate of drug-likeness (QED) is 0.464. The summed E-state index contributed by atoms with van der Waals surface area (Å²) in [6, 6.07) is 7.15. The lowest BCUT2D eigenvalue weighted by atomic mass is 10.3. The Bertz CT molecular complexity index is 329. The van der Waals surface area contributed by atoms with E-state index in [4.69, 9.17) is 0 Å². The van der Waals surface area contributed by atoms with Crippen LogP contribution >= 0.6 is 0 Å². The largest absolute Gasteiger partial charge is 0.164 e. The lowest BCUT2D eigenvalue weighted by Gasteiger charge is -1.67. The molecule has 0 unspecified atom stereocenters. The van der Waals surface area contributed by atoms with Crippen molar-refractivity contribution < 1.29 is 0 Å². The van der Waals surface area contributed by atoms with Gasteiger partial charge in [0.05, 0.1) is 12.1 Å². The molecular weight excluding hydrogens is 120 g/mol. The molecular formula is C10H7+. The van der Waals surface area contributed by atoms with Gasteiger partial charge in [-0.05, 0) is 18.2 Å². The molecule has 0 heterocycles. The number of rotatable bonds is 0. The molecule has 0 heteroatoms. The first-order chi connectivity index (χ1) is 4.97. The third-order valence-electron chi connectivity index (χ3n) is 1.57. The molecule has 0 fully saturated rings. The first-order valence-electron chi connectivity index (χ1n) is 3.32. The van der Waals surface area contributed by atoms with Crippen molar-refractivity contribution in [2.75, 3.05) is 0 Å². The number of hydrogen-bond acceptors (Lipinski definition) is 0. The van der Waals surface area contributed by atoms with Gasteiger partial charge in [-0.15, -0.1) is 0 Å². The van der Waals surface area contributed by atoms with Gasteiger partial charge in [-0.25, -0.2) is 0 Å². The maximum atomic E-state index is 3.14. The Morgan fingerprint density at radius 2 is 2.10 bits per heavy atom. The van der Waals surface area contributed by atoms with E-state index in [2.05, 4.69) is 24.3 Å². The highest BCUT2D eigenvalue weighted by atomic mass is 13.9. The molecule has 46 valence electrons. The van der Waals surface area contributed by atoms with Gasteiger partial charge in [-0.3, -0.25) is 0 Å². The molecule has 2 rings (SSSR count). The molecule has 1 aliphatic carbocycles. The Balaban J connectivity index is 2.74. The highest BCUT2D eigenvalue weighted by molar-refractivity contribution is 5.59. The molecule has 0 atom stereocenters. The topological polar surface area (TPSA) is 0 Å². The minimum absolute atomic E-state index is 1.19. The molecule has 0 saturated carbocycles. The molecule has 0 amide bonds. The zero-order valence-electron chi connectivity index (χ0n) is 5.54. The number of allylic oxidation sites excluding steroid dienone is 3. The van der Waals surface area contributed by atoms with E-state index in [1.165, 1.54) is 10.8 Å². The fraction of sp³-hybridized carbons (Fsp3) is 0. The fourth-order valence-corrected chi connectivity index (χ4v) is 1.06. The van der Waals surface area contributed by atoms with Crippen LogP contribution in [0.5, 0.6) is 0 Å². The number of fused-ring (bicyclic) bond motifs is 1. The second-order valence-corrected chi connectivity index (χ2v) is 2.26. The highest BCUT2D eigenvalue weighted by Gasteiger charge is 2.01. The third-order valence-corrected chi connectivity index (χ3v) is 1.57. The van der Waals surface area contributed by atoms with Crippen LogP contribution < -0.4 is 5.22 Å². The summed E-state index contributed by atoms with van der Waals surface area (Å²) in [7, 11) is 0. The van der Waals surface area contributed by atoms with Crippen molar-refractivity contribution in [1.82, 2.24) is 0 Å². The lowest BCUT2D eigenvalue weighted by Crippen LogP contribution is -1.96. The molecule has 0 bridgehead atoms. The van der Waals surface area contributed by atoms with E-state index in [0.29, 0.717) is 0 Å². The van der Waals surface area contributed by atoms with Gasteiger partial charge in [-0.2, -0.15) is 0 Å². The van der Waals surface area contributed by atoms with E-state index in [-0.39, 0.29) is 0 Å². The van der Waals surface area contributed by atoms with Crippen LogP contribution in [-0.2, 0) is 0 Å². The maximum absolute atomic E-state index is 3.14. The predicted molar refractivity (Wildman–Crippen MR) is 43.1 cm³/mol. The summed E-state index contributed by atoms with van der Waals surface area (Å²) >= 11 is 0. The Morgan fingerprint density at radius 1 is 1.10 bits per heavy atom. The van der Waals surface area contributed by atoms with Gasteiger partial charge in [-0.1, -0.05) is 6.08 Å². The van der Waals surface area contributed by atoms with Gasteiger partial charge in [0.15, 0.2) is 5.56 Å². The Morgan fingerprint density at radius 3 is 3.10 bits per heavy atom. The normalized spacial score (nSPS) is 13.6.